The number of pyridine rings is 1. The van der Waals surface area contributed by atoms with E-state index in [0.29, 0.717) is 34.1 Å². The molecule has 0 aliphatic heterocycles. The van der Waals surface area contributed by atoms with E-state index in [0.717, 1.165) is 22.2 Å². The quantitative estimate of drug-likeness (QED) is 0.428. The number of hydrogen-bond donors (Lipinski definition) is 1. The second-order valence-corrected chi connectivity index (χ2v) is 7.72. The fourth-order valence-corrected chi connectivity index (χ4v) is 3.98. The van der Waals surface area contributed by atoms with Crippen LogP contribution in [0.1, 0.15) is 11.1 Å². The van der Waals surface area contributed by atoms with Crippen LogP contribution in [-0.4, -0.2) is 34.5 Å². The number of fused-ring (bicyclic) bond motifs is 2. The summed E-state index contributed by atoms with van der Waals surface area (Å²) in [5, 5.41) is 23.7. The third kappa shape index (κ3) is 3.13. The zero-order chi connectivity index (χ0) is 23.1. The molecule has 0 fully saturated rings. The van der Waals surface area contributed by atoms with E-state index in [2.05, 4.69) is 31.6 Å². The van der Waals surface area contributed by atoms with E-state index < -0.39 is 0 Å². The first kappa shape index (κ1) is 19.6. The molecule has 0 spiro atoms. The van der Waals surface area contributed by atoms with Crippen LogP contribution >= 0.6 is 0 Å². The number of hydrogen-bond acceptors (Lipinski definition) is 7. The number of rotatable bonds is 4. The smallest absolute Gasteiger partial charge is 0.168 e. The molecule has 162 valence electrons. The standard InChI is InChI=1S/C25H17N9/c1-16-11-22(31-21-10-6-5-9-19(16)21)34-24(17(12-26)13-29-34)32-23-20-14-30-33(25(20)28-15-27-23)18-7-3-2-4-8-18/h2-11,13-15H,1H3,(H,27,28,32). The molecule has 9 heteroatoms. The maximum Gasteiger partial charge on any atom is 0.168 e. The van der Waals surface area contributed by atoms with Crippen molar-refractivity contribution in [3.05, 3.63) is 90.5 Å². The Bertz CT molecular complexity index is 1710. The fraction of sp³-hybridized carbons (Fsp3) is 0.0400. The van der Waals surface area contributed by atoms with Gasteiger partial charge in [-0.1, -0.05) is 36.4 Å². The SMILES string of the molecule is Cc1cc(-n2ncc(C#N)c2Nc2ncnc3c2cnn3-c2ccccc2)nc2ccccc12. The monoisotopic (exact) mass is 443 g/mol. The van der Waals surface area contributed by atoms with Crippen molar-refractivity contribution in [3.63, 3.8) is 0 Å². The van der Waals surface area contributed by atoms with Crippen molar-refractivity contribution in [2.24, 2.45) is 0 Å². The van der Waals surface area contributed by atoms with Crippen molar-refractivity contribution in [1.82, 2.24) is 34.5 Å². The fourth-order valence-electron chi connectivity index (χ4n) is 3.98. The van der Waals surface area contributed by atoms with Gasteiger partial charge in [-0.3, -0.25) is 0 Å². The Morgan fingerprint density at radius 2 is 1.68 bits per heavy atom. The van der Waals surface area contributed by atoms with E-state index in [-0.39, 0.29) is 0 Å². The van der Waals surface area contributed by atoms with E-state index in [1.165, 1.54) is 12.5 Å². The van der Waals surface area contributed by atoms with E-state index in [4.69, 9.17) is 4.98 Å². The first-order valence-corrected chi connectivity index (χ1v) is 10.6. The molecule has 2 aromatic carbocycles. The minimum Gasteiger partial charge on any atom is -0.323 e. The summed E-state index contributed by atoms with van der Waals surface area (Å²) in [5.41, 5.74) is 3.82. The molecule has 6 aromatic rings. The molecule has 0 saturated carbocycles. The molecule has 0 aliphatic carbocycles. The van der Waals surface area contributed by atoms with Crippen LogP contribution in [0.5, 0.6) is 0 Å². The van der Waals surface area contributed by atoms with Gasteiger partial charge in [-0.15, -0.1) is 0 Å². The lowest BCUT2D eigenvalue weighted by Gasteiger charge is -2.12. The van der Waals surface area contributed by atoms with Gasteiger partial charge in [0, 0.05) is 5.39 Å². The lowest BCUT2D eigenvalue weighted by molar-refractivity contribution is 0.858. The molecular weight excluding hydrogens is 426 g/mol. The molecular formula is C25H17N9. The van der Waals surface area contributed by atoms with Crippen LogP contribution in [0, 0.1) is 18.3 Å². The Morgan fingerprint density at radius 3 is 2.53 bits per heavy atom. The van der Waals surface area contributed by atoms with Crippen molar-refractivity contribution in [3.8, 4) is 17.6 Å². The molecule has 0 bridgehead atoms. The Morgan fingerprint density at radius 1 is 0.882 bits per heavy atom. The molecule has 6 rings (SSSR count). The minimum atomic E-state index is 0.370. The summed E-state index contributed by atoms with van der Waals surface area (Å²) in [6.45, 7) is 2.03. The Kier molecular flexibility index (Phi) is 4.49. The predicted octanol–water partition coefficient (Wildman–Crippen LogP) is 4.47. The number of nitrogens with zero attached hydrogens (tertiary/aromatic N) is 8. The molecule has 0 atom stereocenters. The van der Waals surface area contributed by atoms with Crippen LogP contribution in [0.4, 0.5) is 11.6 Å². The number of aromatic nitrogens is 7. The molecule has 0 aliphatic rings. The summed E-state index contributed by atoms with van der Waals surface area (Å²) >= 11 is 0. The van der Waals surface area contributed by atoms with Crippen LogP contribution in [0.25, 0.3) is 33.4 Å². The van der Waals surface area contributed by atoms with Crippen LogP contribution in [0.2, 0.25) is 0 Å². The lowest BCUT2D eigenvalue weighted by atomic mass is 10.1. The molecule has 0 unspecified atom stereocenters. The minimum absolute atomic E-state index is 0.370. The molecule has 4 aromatic heterocycles. The second-order valence-electron chi connectivity index (χ2n) is 7.72. The predicted molar refractivity (Wildman–Crippen MR) is 128 cm³/mol. The highest BCUT2D eigenvalue weighted by Crippen LogP contribution is 2.28. The van der Waals surface area contributed by atoms with Gasteiger partial charge in [-0.2, -0.15) is 20.1 Å². The van der Waals surface area contributed by atoms with Crippen LogP contribution < -0.4 is 5.32 Å². The summed E-state index contributed by atoms with van der Waals surface area (Å²) in [6.07, 6.45) is 4.69. The van der Waals surface area contributed by atoms with Crippen molar-refractivity contribution in [1.29, 1.82) is 5.26 Å². The Balaban J connectivity index is 1.47. The number of nitrogens with one attached hydrogen (secondary N) is 1. The van der Waals surface area contributed by atoms with Gasteiger partial charge in [0.15, 0.2) is 17.3 Å². The average Bonchev–Trinajstić information content (AvgIpc) is 3.49. The molecule has 0 saturated heterocycles. The number of anilines is 2. The number of benzene rings is 2. The van der Waals surface area contributed by atoms with Crippen molar-refractivity contribution in [2.45, 2.75) is 6.92 Å². The normalized spacial score (nSPS) is 11.1. The molecule has 34 heavy (non-hydrogen) atoms. The summed E-state index contributed by atoms with van der Waals surface area (Å²) in [6, 6.07) is 21.8. The highest BCUT2D eigenvalue weighted by atomic mass is 15.4. The van der Waals surface area contributed by atoms with Gasteiger partial charge >= 0.3 is 0 Å². The molecule has 1 N–H and O–H groups in total. The third-order valence-corrected chi connectivity index (χ3v) is 5.62. The van der Waals surface area contributed by atoms with Gasteiger partial charge in [0.05, 0.1) is 29.0 Å². The largest absolute Gasteiger partial charge is 0.323 e. The maximum absolute atomic E-state index is 9.74. The van der Waals surface area contributed by atoms with E-state index in [9.17, 15) is 5.26 Å². The molecule has 0 radical (unpaired) electrons. The first-order valence-electron chi connectivity index (χ1n) is 10.6. The Labute approximate surface area is 194 Å². The number of nitriles is 1. The Hall–Kier alpha value is -5.10. The van der Waals surface area contributed by atoms with Gasteiger partial charge in [0.1, 0.15) is 23.8 Å². The van der Waals surface area contributed by atoms with Gasteiger partial charge in [0.25, 0.3) is 0 Å². The lowest BCUT2D eigenvalue weighted by Crippen LogP contribution is -2.07. The van der Waals surface area contributed by atoms with Crippen LogP contribution in [-0.2, 0) is 0 Å². The van der Waals surface area contributed by atoms with E-state index in [1.54, 1.807) is 15.6 Å². The van der Waals surface area contributed by atoms with Crippen molar-refractivity contribution < 1.29 is 0 Å². The van der Waals surface area contributed by atoms with Gasteiger partial charge in [-0.05, 0) is 36.8 Å². The van der Waals surface area contributed by atoms with Gasteiger partial charge in [-0.25, -0.2) is 19.6 Å². The number of para-hydroxylation sites is 2. The molecule has 9 nitrogen and oxygen atoms in total. The van der Waals surface area contributed by atoms with E-state index in [1.807, 2.05) is 67.6 Å². The number of aryl methyl sites for hydroxylation is 1. The van der Waals surface area contributed by atoms with Crippen molar-refractivity contribution >= 4 is 33.6 Å². The summed E-state index contributed by atoms with van der Waals surface area (Å²) in [4.78, 5) is 13.6. The van der Waals surface area contributed by atoms with E-state index >= 15 is 0 Å². The zero-order valence-corrected chi connectivity index (χ0v) is 18.1. The zero-order valence-electron chi connectivity index (χ0n) is 18.1. The average molecular weight is 443 g/mol. The first-order chi connectivity index (χ1) is 16.7. The molecule has 0 amide bonds. The van der Waals surface area contributed by atoms with Crippen molar-refractivity contribution in [2.75, 3.05) is 5.32 Å². The van der Waals surface area contributed by atoms with Gasteiger partial charge in [0.2, 0.25) is 0 Å². The van der Waals surface area contributed by atoms with Gasteiger partial charge < -0.3 is 5.32 Å². The topological polar surface area (TPSA) is 110 Å². The van der Waals surface area contributed by atoms with Crippen LogP contribution in [0.15, 0.2) is 79.4 Å². The summed E-state index contributed by atoms with van der Waals surface area (Å²) in [5.74, 6) is 1.59. The molecule has 4 heterocycles. The summed E-state index contributed by atoms with van der Waals surface area (Å²) in [7, 11) is 0. The highest BCUT2D eigenvalue weighted by Gasteiger charge is 2.18. The third-order valence-electron chi connectivity index (χ3n) is 5.62. The van der Waals surface area contributed by atoms with Crippen LogP contribution in [0.3, 0.4) is 0 Å². The maximum atomic E-state index is 9.74. The summed E-state index contributed by atoms with van der Waals surface area (Å²) < 4.78 is 3.37. The highest BCUT2D eigenvalue weighted by molar-refractivity contribution is 5.89. The second kappa shape index (κ2) is 7.79.